The van der Waals surface area contributed by atoms with Crippen LogP contribution in [0, 0.1) is 18.8 Å². The molecule has 0 bridgehead atoms. The SMILES string of the molecule is CC#CCN(C/C=C/C(=O)c1ccccc1)S(=O)(=O)c1ccc(C)cc1. The van der Waals surface area contributed by atoms with Crippen LogP contribution in [-0.2, 0) is 10.0 Å². The highest BCUT2D eigenvalue weighted by molar-refractivity contribution is 7.89. The van der Waals surface area contributed by atoms with Crippen molar-refractivity contribution in [1.82, 2.24) is 4.31 Å². The Balaban J connectivity index is 2.18. The number of nitrogens with zero attached hydrogens (tertiary/aromatic N) is 1. The number of carbonyl (C=O) groups excluding carboxylic acids is 1. The zero-order valence-electron chi connectivity index (χ0n) is 14.8. The molecule has 0 saturated heterocycles. The van der Waals surface area contributed by atoms with E-state index in [0.29, 0.717) is 5.56 Å². The van der Waals surface area contributed by atoms with Crippen LogP contribution in [-0.4, -0.2) is 31.6 Å². The number of hydrogen-bond donors (Lipinski definition) is 0. The summed E-state index contributed by atoms with van der Waals surface area (Å²) in [5, 5.41) is 0. The molecule has 5 heteroatoms. The highest BCUT2D eigenvalue weighted by Crippen LogP contribution is 2.16. The lowest BCUT2D eigenvalue weighted by atomic mass is 10.1. The number of aryl methyl sites for hydroxylation is 1. The van der Waals surface area contributed by atoms with Gasteiger partial charge in [0.1, 0.15) is 0 Å². The zero-order valence-corrected chi connectivity index (χ0v) is 15.7. The molecule has 0 spiro atoms. The summed E-state index contributed by atoms with van der Waals surface area (Å²) in [5.74, 6) is 5.33. The third-order valence-corrected chi connectivity index (χ3v) is 5.55. The zero-order chi connectivity index (χ0) is 19.0. The molecule has 0 fully saturated rings. The Hall–Kier alpha value is -2.68. The van der Waals surface area contributed by atoms with Crippen LogP contribution in [0.5, 0.6) is 0 Å². The summed E-state index contributed by atoms with van der Waals surface area (Å²) < 4.78 is 26.9. The van der Waals surface area contributed by atoms with E-state index >= 15 is 0 Å². The van der Waals surface area contributed by atoms with Crippen molar-refractivity contribution in [2.75, 3.05) is 13.1 Å². The molecule has 0 aliphatic rings. The Kier molecular flexibility index (Phi) is 6.90. The molecule has 2 aromatic carbocycles. The maximum Gasteiger partial charge on any atom is 0.244 e. The first-order chi connectivity index (χ1) is 12.4. The molecule has 0 radical (unpaired) electrons. The second-order valence-electron chi connectivity index (χ2n) is 5.67. The van der Waals surface area contributed by atoms with Gasteiger partial charge in [-0.1, -0.05) is 60.0 Å². The second kappa shape index (κ2) is 9.14. The molecular weight excluding hydrogens is 346 g/mol. The minimum atomic E-state index is -3.68. The first-order valence-corrected chi connectivity index (χ1v) is 9.61. The molecule has 4 nitrogen and oxygen atoms in total. The van der Waals surface area contributed by atoms with E-state index in [1.165, 1.54) is 10.4 Å². The van der Waals surface area contributed by atoms with E-state index in [1.54, 1.807) is 61.5 Å². The van der Waals surface area contributed by atoms with Crippen molar-refractivity contribution in [2.45, 2.75) is 18.7 Å². The van der Waals surface area contributed by atoms with Crippen LogP contribution in [0.2, 0.25) is 0 Å². The van der Waals surface area contributed by atoms with Gasteiger partial charge in [-0.15, -0.1) is 5.92 Å². The van der Waals surface area contributed by atoms with Crippen LogP contribution in [0.15, 0.2) is 71.6 Å². The molecule has 0 atom stereocenters. The average molecular weight is 367 g/mol. The predicted molar refractivity (Wildman–Crippen MR) is 103 cm³/mol. The maximum absolute atomic E-state index is 12.8. The van der Waals surface area contributed by atoms with E-state index in [-0.39, 0.29) is 23.8 Å². The summed E-state index contributed by atoms with van der Waals surface area (Å²) in [6.07, 6.45) is 2.95. The largest absolute Gasteiger partial charge is 0.289 e. The second-order valence-corrected chi connectivity index (χ2v) is 7.61. The lowest BCUT2D eigenvalue weighted by molar-refractivity contribution is 0.104. The lowest BCUT2D eigenvalue weighted by Crippen LogP contribution is -2.31. The van der Waals surface area contributed by atoms with Crippen molar-refractivity contribution in [3.05, 3.63) is 77.9 Å². The van der Waals surface area contributed by atoms with Crippen molar-refractivity contribution >= 4 is 15.8 Å². The Bertz CT molecular complexity index is 934. The summed E-state index contributed by atoms with van der Waals surface area (Å²) in [4.78, 5) is 12.3. The molecule has 0 heterocycles. The summed E-state index contributed by atoms with van der Waals surface area (Å²) in [5.41, 5.74) is 1.54. The van der Waals surface area contributed by atoms with Gasteiger partial charge in [-0.3, -0.25) is 4.79 Å². The van der Waals surface area contributed by atoms with Gasteiger partial charge in [0.05, 0.1) is 11.4 Å². The van der Waals surface area contributed by atoms with Crippen LogP contribution >= 0.6 is 0 Å². The quantitative estimate of drug-likeness (QED) is 0.428. The highest BCUT2D eigenvalue weighted by Gasteiger charge is 2.22. The fraction of sp³-hybridized carbons (Fsp3) is 0.190. The van der Waals surface area contributed by atoms with Crippen molar-refractivity contribution in [1.29, 1.82) is 0 Å². The Morgan fingerprint density at radius 2 is 1.73 bits per heavy atom. The molecule has 0 aromatic heterocycles. The van der Waals surface area contributed by atoms with Gasteiger partial charge in [0.2, 0.25) is 10.0 Å². The fourth-order valence-corrected chi connectivity index (χ4v) is 3.55. The molecule has 0 unspecified atom stereocenters. The first-order valence-electron chi connectivity index (χ1n) is 8.17. The minimum absolute atomic E-state index is 0.0660. The number of benzene rings is 2. The molecule has 0 aliphatic heterocycles. The molecule has 0 amide bonds. The number of allylic oxidation sites excluding steroid dienone is 1. The van der Waals surface area contributed by atoms with Crippen molar-refractivity contribution in [3.63, 3.8) is 0 Å². The third-order valence-electron chi connectivity index (χ3n) is 3.73. The van der Waals surface area contributed by atoms with E-state index in [0.717, 1.165) is 5.56 Å². The number of hydrogen-bond acceptors (Lipinski definition) is 3. The molecule has 134 valence electrons. The van der Waals surface area contributed by atoms with E-state index in [4.69, 9.17) is 0 Å². The molecule has 26 heavy (non-hydrogen) atoms. The fourth-order valence-electron chi connectivity index (χ4n) is 2.25. The predicted octanol–water partition coefficient (Wildman–Crippen LogP) is 3.45. The number of ketones is 1. The van der Waals surface area contributed by atoms with Gasteiger partial charge in [-0.25, -0.2) is 8.42 Å². The van der Waals surface area contributed by atoms with Gasteiger partial charge in [-0.05, 0) is 32.1 Å². The van der Waals surface area contributed by atoms with E-state index < -0.39 is 10.0 Å². The third kappa shape index (κ3) is 5.16. The van der Waals surface area contributed by atoms with Gasteiger partial charge >= 0.3 is 0 Å². The number of sulfonamides is 1. The standard InChI is InChI=1S/C21H21NO3S/c1-3-4-16-22(26(24,25)20-14-12-18(2)13-15-20)17-8-11-21(23)19-9-6-5-7-10-19/h5-15H,16-17H2,1-2H3/b11-8+. The molecule has 2 aromatic rings. The normalized spacial score (nSPS) is 11.3. The topological polar surface area (TPSA) is 54.5 Å². The van der Waals surface area contributed by atoms with Gasteiger partial charge < -0.3 is 0 Å². The van der Waals surface area contributed by atoms with Crippen LogP contribution in [0.1, 0.15) is 22.8 Å². The van der Waals surface area contributed by atoms with E-state index in [9.17, 15) is 13.2 Å². The first kappa shape index (κ1) is 19.6. The van der Waals surface area contributed by atoms with Crippen LogP contribution in [0.4, 0.5) is 0 Å². The van der Waals surface area contributed by atoms with Gasteiger partial charge in [0, 0.05) is 12.1 Å². The number of carbonyl (C=O) groups is 1. The molecular formula is C21H21NO3S. The maximum atomic E-state index is 12.8. The van der Waals surface area contributed by atoms with Gasteiger partial charge in [-0.2, -0.15) is 4.31 Å². The smallest absolute Gasteiger partial charge is 0.244 e. The van der Waals surface area contributed by atoms with Crippen LogP contribution < -0.4 is 0 Å². The molecule has 0 aliphatic carbocycles. The monoisotopic (exact) mass is 367 g/mol. The summed E-state index contributed by atoms with van der Waals surface area (Å²) in [7, 11) is -3.68. The highest BCUT2D eigenvalue weighted by atomic mass is 32.2. The van der Waals surface area contributed by atoms with Crippen LogP contribution in [0.25, 0.3) is 0 Å². The summed E-state index contributed by atoms with van der Waals surface area (Å²) >= 11 is 0. The number of rotatable bonds is 7. The van der Waals surface area contributed by atoms with E-state index in [1.807, 2.05) is 13.0 Å². The van der Waals surface area contributed by atoms with Crippen molar-refractivity contribution in [2.24, 2.45) is 0 Å². The van der Waals surface area contributed by atoms with E-state index in [2.05, 4.69) is 11.8 Å². The average Bonchev–Trinajstić information content (AvgIpc) is 2.65. The summed E-state index contributed by atoms with van der Waals surface area (Å²) in [6.45, 7) is 3.69. The van der Waals surface area contributed by atoms with Crippen LogP contribution in [0.3, 0.4) is 0 Å². The minimum Gasteiger partial charge on any atom is -0.289 e. The Morgan fingerprint density at radius 3 is 2.35 bits per heavy atom. The Labute approximate surface area is 155 Å². The van der Waals surface area contributed by atoms with Crippen molar-refractivity contribution in [3.8, 4) is 11.8 Å². The lowest BCUT2D eigenvalue weighted by Gasteiger charge is -2.18. The molecule has 0 saturated carbocycles. The molecule has 0 N–H and O–H groups in total. The molecule has 2 rings (SSSR count). The van der Waals surface area contributed by atoms with Gasteiger partial charge in [0.15, 0.2) is 5.78 Å². The van der Waals surface area contributed by atoms with Crippen molar-refractivity contribution < 1.29 is 13.2 Å². The summed E-state index contributed by atoms with van der Waals surface area (Å²) in [6, 6.07) is 15.5. The Morgan fingerprint density at radius 1 is 1.08 bits per heavy atom. The van der Waals surface area contributed by atoms with Gasteiger partial charge in [0.25, 0.3) is 0 Å².